The van der Waals surface area contributed by atoms with Crippen LogP contribution in [0, 0.1) is 6.92 Å². The fourth-order valence-electron chi connectivity index (χ4n) is 3.97. The Bertz CT molecular complexity index is 992. The van der Waals surface area contributed by atoms with Crippen molar-refractivity contribution < 1.29 is 8.76 Å². The standard InChI is InChI=1S/C23H22Cl2N2O2S/c1-16-4-2-3-5-22(16)27(30(28)29)21-14-26(15-21)23(17-6-10-19(24)11-7-17)18-8-12-20(25)13-9-18/h2-13,21,23H,14-15H2,1H3,(H,28,29). The van der Waals surface area contributed by atoms with E-state index in [1.165, 1.54) is 0 Å². The molecule has 3 aromatic rings. The lowest BCUT2D eigenvalue weighted by Crippen LogP contribution is -2.60. The molecular weight excluding hydrogens is 439 g/mol. The fraction of sp³-hybridized carbons (Fsp3) is 0.217. The quantitative estimate of drug-likeness (QED) is 0.478. The van der Waals surface area contributed by atoms with Crippen molar-refractivity contribution in [3.63, 3.8) is 0 Å². The average Bonchev–Trinajstić information content (AvgIpc) is 2.69. The molecule has 1 saturated heterocycles. The summed E-state index contributed by atoms with van der Waals surface area (Å²) in [5, 5.41) is 1.38. The normalized spacial score (nSPS) is 15.8. The molecule has 1 unspecified atom stereocenters. The van der Waals surface area contributed by atoms with Crippen LogP contribution in [0.25, 0.3) is 0 Å². The van der Waals surface area contributed by atoms with E-state index in [9.17, 15) is 8.76 Å². The molecule has 4 nitrogen and oxygen atoms in total. The van der Waals surface area contributed by atoms with Crippen molar-refractivity contribution in [1.82, 2.24) is 4.90 Å². The van der Waals surface area contributed by atoms with E-state index >= 15 is 0 Å². The average molecular weight is 461 g/mol. The molecule has 156 valence electrons. The molecule has 1 N–H and O–H groups in total. The van der Waals surface area contributed by atoms with E-state index in [2.05, 4.69) is 4.90 Å². The number of hydrogen-bond acceptors (Lipinski definition) is 2. The van der Waals surface area contributed by atoms with Gasteiger partial charge in [0.05, 0.1) is 17.8 Å². The minimum Gasteiger partial charge on any atom is -0.289 e. The Labute approximate surface area is 189 Å². The van der Waals surface area contributed by atoms with Gasteiger partial charge in [0, 0.05) is 23.1 Å². The molecule has 7 heteroatoms. The van der Waals surface area contributed by atoms with Crippen molar-refractivity contribution in [3.05, 3.63) is 99.5 Å². The van der Waals surface area contributed by atoms with Gasteiger partial charge in [-0.3, -0.25) is 13.8 Å². The largest absolute Gasteiger partial charge is 0.289 e. The summed E-state index contributed by atoms with van der Waals surface area (Å²) in [6, 6.07) is 23.3. The minimum atomic E-state index is -2.09. The van der Waals surface area contributed by atoms with E-state index < -0.39 is 11.3 Å². The van der Waals surface area contributed by atoms with E-state index in [0.29, 0.717) is 23.1 Å². The second-order valence-corrected chi connectivity index (χ2v) is 9.18. The maximum absolute atomic E-state index is 12.2. The van der Waals surface area contributed by atoms with Crippen LogP contribution in [-0.2, 0) is 11.3 Å². The van der Waals surface area contributed by atoms with Gasteiger partial charge in [-0.1, -0.05) is 65.7 Å². The summed E-state index contributed by atoms with van der Waals surface area (Å²) < 4.78 is 23.8. The molecule has 0 radical (unpaired) electrons. The number of hydrogen-bond donors (Lipinski definition) is 1. The number of nitrogens with zero attached hydrogens (tertiary/aromatic N) is 2. The van der Waals surface area contributed by atoms with E-state index in [1.807, 2.05) is 79.7 Å². The molecular formula is C23H22Cl2N2O2S. The highest BCUT2D eigenvalue weighted by molar-refractivity contribution is 7.80. The Morgan fingerprint density at radius 1 is 0.933 bits per heavy atom. The molecule has 1 atom stereocenters. The molecule has 30 heavy (non-hydrogen) atoms. The lowest BCUT2D eigenvalue weighted by molar-refractivity contribution is 0.116. The Morgan fingerprint density at radius 2 is 1.43 bits per heavy atom. The van der Waals surface area contributed by atoms with E-state index in [1.54, 1.807) is 4.31 Å². The number of likely N-dealkylation sites (tertiary alicyclic amines) is 1. The predicted molar refractivity (Wildman–Crippen MR) is 125 cm³/mol. The number of para-hydroxylation sites is 1. The van der Waals surface area contributed by atoms with E-state index in [4.69, 9.17) is 23.2 Å². The van der Waals surface area contributed by atoms with Crippen molar-refractivity contribution in [2.24, 2.45) is 0 Å². The van der Waals surface area contributed by atoms with Crippen LogP contribution < -0.4 is 4.31 Å². The molecule has 0 aromatic heterocycles. The molecule has 0 amide bonds. The molecule has 4 rings (SSSR count). The Balaban J connectivity index is 1.61. The second kappa shape index (κ2) is 9.08. The Kier molecular flexibility index (Phi) is 6.46. The number of halogens is 2. The molecule has 0 bridgehead atoms. The zero-order chi connectivity index (χ0) is 21.3. The number of rotatable bonds is 6. The zero-order valence-corrected chi connectivity index (χ0v) is 18.7. The third-order valence-electron chi connectivity index (χ3n) is 5.48. The molecule has 0 spiro atoms. The first-order valence-corrected chi connectivity index (χ1v) is 11.5. The van der Waals surface area contributed by atoms with Gasteiger partial charge in [-0.15, -0.1) is 0 Å². The van der Waals surface area contributed by atoms with Gasteiger partial charge in [-0.25, -0.2) is 4.21 Å². The molecule has 1 fully saturated rings. The van der Waals surface area contributed by atoms with Gasteiger partial charge in [0.1, 0.15) is 0 Å². The van der Waals surface area contributed by atoms with Crippen LogP contribution in [0.2, 0.25) is 10.0 Å². The summed E-state index contributed by atoms with van der Waals surface area (Å²) in [7, 11) is 0. The SMILES string of the molecule is Cc1ccccc1N(C1CN(C(c2ccc(Cl)cc2)c2ccc(Cl)cc2)C1)S(=O)O. The van der Waals surface area contributed by atoms with Gasteiger partial charge in [-0.05, 0) is 53.9 Å². The highest BCUT2D eigenvalue weighted by atomic mass is 35.5. The Hall–Kier alpha value is -1.89. The number of anilines is 1. The molecule has 0 saturated carbocycles. The van der Waals surface area contributed by atoms with Gasteiger partial charge in [0.25, 0.3) is 11.3 Å². The van der Waals surface area contributed by atoms with Crippen molar-refractivity contribution in [3.8, 4) is 0 Å². The minimum absolute atomic E-state index is 0.0154. The van der Waals surface area contributed by atoms with E-state index in [0.717, 1.165) is 22.4 Å². The fourth-order valence-corrected chi connectivity index (χ4v) is 4.98. The summed E-state index contributed by atoms with van der Waals surface area (Å²) in [5.41, 5.74) is 4.00. The Morgan fingerprint density at radius 3 is 1.90 bits per heavy atom. The van der Waals surface area contributed by atoms with Crippen LogP contribution >= 0.6 is 23.2 Å². The van der Waals surface area contributed by atoms with Crippen molar-refractivity contribution in [2.45, 2.75) is 19.0 Å². The molecule has 1 heterocycles. The summed E-state index contributed by atoms with van der Waals surface area (Å²) in [6.07, 6.45) is 0. The molecule has 3 aromatic carbocycles. The predicted octanol–water partition coefficient (Wildman–Crippen LogP) is 5.72. The third-order valence-corrected chi connectivity index (χ3v) is 6.82. The van der Waals surface area contributed by atoms with Gasteiger partial charge in [0.2, 0.25) is 0 Å². The van der Waals surface area contributed by atoms with E-state index in [-0.39, 0.29) is 12.1 Å². The number of benzene rings is 3. The summed E-state index contributed by atoms with van der Waals surface area (Å²) in [5.74, 6) is 0. The van der Waals surface area contributed by atoms with Crippen LogP contribution in [0.15, 0.2) is 72.8 Å². The molecule has 1 aliphatic rings. The maximum atomic E-state index is 12.2. The molecule has 0 aliphatic carbocycles. The van der Waals surface area contributed by atoms with Crippen LogP contribution in [0.4, 0.5) is 5.69 Å². The summed E-state index contributed by atoms with van der Waals surface area (Å²) in [6.45, 7) is 3.28. The summed E-state index contributed by atoms with van der Waals surface area (Å²) in [4.78, 5) is 2.30. The number of aryl methyl sites for hydroxylation is 1. The lowest BCUT2D eigenvalue weighted by atomic mass is 9.93. The van der Waals surface area contributed by atoms with Crippen LogP contribution in [0.1, 0.15) is 22.7 Å². The van der Waals surface area contributed by atoms with Crippen LogP contribution in [0.5, 0.6) is 0 Å². The van der Waals surface area contributed by atoms with Crippen molar-refractivity contribution in [1.29, 1.82) is 0 Å². The third kappa shape index (κ3) is 4.41. The second-order valence-electron chi connectivity index (χ2n) is 7.46. The van der Waals surface area contributed by atoms with Crippen molar-refractivity contribution in [2.75, 3.05) is 17.4 Å². The maximum Gasteiger partial charge on any atom is 0.262 e. The molecule has 1 aliphatic heterocycles. The van der Waals surface area contributed by atoms with Gasteiger partial charge >= 0.3 is 0 Å². The topological polar surface area (TPSA) is 43.8 Å². The van der Waals surface area contributed by atoms with Gasteiger partial charge in [-0.2, -0.15) is 0 Å². The highest BCUT2D eigenvalue weighted by Crippen LogP contribution is 2.36. The smallest absolute Gasteiger partial charge is 0.262 e. The summed E-state index contributed by atoms with van der Waals surface area (Å²) >= 11 is 10.1. The first kappa shape index (κ1) is 21.3. The first-order chi connectivity index (χ1) is 14.4. The highest BCUT2D eigenvalue weighted by Gasteiger charge is 2.39. The zero-order valence-electron chi connectivity index (χ0n) is 16.4. The van der Waals surface area contributed by atoms with Crippen LogP contribution in [0.3, 0.4) is 0 Å². The monoisotopic (exact) mass is 460 g/mol. The van der Waals surface area contributed by atoms with Crippen LogP contribution in [-0.4, -0.2) is 32.8 Å². The van der Waals surface area contributed by atoms with Crippen molar-refractivity contribution >= 4 is 40.2 Å². The lowest BCUT2D eigenvalue weighted by Gasteiger charge is -2.48. The van der Waals surface area contributed by atoms with Gasteiger partial charge in [0.15, 0.2) is 0 Å². The van der Waals surface area contributed by atoms with Gasteiger partial charge < -0.3 is 0 Å². The first-order valence-electron chi connectivity index (χ1n) is 9.65.